The number of carbonyl (C=O) groups is 1. The van der Waals surface area contributed by atoms with E-state index in [-0.39, 0.29) is 4.90 Å². The summed E-state index contributed by atoms with van der Waals surface area (Å²) in [6, 6.07) is 5.48. The average molecular weight is 299 g/mol. The van der Waals surface area contributed by atoms with E-state index in [2.05, 4.69) is 4.72 Å². The average Bonchev–Trinajstić information content (AvgIpc) is 2.38. The number of sulfonamides is 1. The highest BCUT2D eigenvalue weighted by atomic mass is 32.2. The van der Waals surface area contributed by atoms with E-state index < -0.39 is 22.0 Å². The molecular formula is C13H21N3O3S. The molecule has 0 spiro atoms. The zero-order valence-corrected chi connectivity index (χ0v) is 12.3. The number of rotatable bonds is 8. The number of nitrogens with one attached hydrogen (secondary N) is 1. The Morgan fingerprint density at radius 2 is 1.85 bits per heavy atom. The highest BCUT2D eigenvalue weighted by molar-refractivity contribution is 7.89. The van der Waals surface area contributed by atoms with E-state index in [0.29, 0.717) is 19.4 Å². The van der Waals surface area contributed by atoms with E-state index in [0.717, 1.165) is 12.0 Å². The molecule has 1 aromatic carbocycles. The van der Waals surface area contributed by atoms with Crippen LogP contribution in [0.25, 0.3) is 0 Å². The minimum Gasteiger partial charge on any atom is -0.368 e. The molecule has 0 fully saturated rings. The van der Waals surface area contributed by atoms with Crippen molar-refractivity contribution in [1.82, 2.24) is 4.72 Å². The lowest BCUT2D eigenvalue weighted by atomic mass is 10.1. The van der Waals surface area contributed by atoms with Gasteiger partial charge in [-0.15, -0.1) is 0 Å². The number of primary amides is 1. The number of carbonyl (C=O) groups excluding carboxylic acids is 1. The van der Waals surface area contributed by atoms with Crippen molar-refractivity contribution in [3.8, 4) is 0 Å². The lowest BCUT2D eigenvalue weighted by Crippen LogP contribution is -2.44. The van der Waals surface area contributed by atoms with Gasteiger partial charge in [0.2, 0.25) is 15.9 Å². The van der Waals surface area contributed by atoms with Crippen molar-refractivity contribution < 1.29 is 13.2 Å². The summed E-state index contributed by atoms with van der Waals surface area (Å²) >= 11 is 0. The molecule has 0 saturated carbocycles. The van der Waals surface area contributed by atoms with E-state index in [1.165, 1.54) is 12.1 Å². The normalized spacial score (nSPS) is 13.1. The lowest BCUT2D eigenvalue weighted by molar-refractivity contribution is -0.119. The quantitative estimate of drug-likeness (QED) is 0.597. The van der Waals surface area contributed by atoms with Crippen molar-refractivity contribution in [1.29, 1.82) is 0 Å². The van der Waals surface area contributed by atoms with Crippen LogP contribution in [0, 0.1) is 6.92 Å². The van der Waals surface area contributed by atoms with Crippen LogP contribution in [-0.2, 0) is 14.8 Å². The molecule has 6 nitrogen and oxygen atoms in total. The Labute approximate surface area is 119 Å². The zero-order valence-electron chi connectivity index (χ0n) is 11.5. The summed E-state index contributed by atoms with van der Waals surface area (Å²) in [5.41, 5.74) is 11.6. The summed E-state index contributed by atoms with van der Waals surface area (Å²) in [5, 5.41) is 0. The smallest absolute Gasteiger partial charge is 0.241 e. The predicted molar refractivity (Wildman–Crippen MR) is 77.4 cm³/mol. The van der Waals surface area contributed by atoms with Gasteiger partial charge >= 0.3 is 0 Å². The molecule has 1 aromatic rings. The van der Waals surface area contributed by atoms with E-state index >= 15 is 0 Å². The van der Waals surface area contributed by atoms with Gasteiger partial charge in [0.25, 0.3) is 0 Å². The monoisotopic (exact) mass is 299 g/mol. The van der Waals surface area contributed by atoms with Gasteiger partial charge in [-0.3, -0.25) is 4.79 Å². The maximum absolute atomic E-state index is 12.1. The molecule has 0 aliphatic rings. The molecule has 0 aliphatic heterocycles. The summed E-state index contributed by atoms with van der Waals surface area (Å²) < 4.78 is 26.6. The molecule has 0 radical (unpaired) electrons. The van der Waals surface area contributed by atoms with Crippen LogP contribution in [0.5, 0.6) is 0 Å². The fourth-order valence-corrected chi connectivity index (χ4v) is 2.96. The predicted octanol–water partition coefficient (Wildman–Crippen LogP) is 0.256. The third-order valence-corrected chi connectivity index (χ3v) is 4.41. The molecule has 7 heteroatoms. The Balaban J connectivity index is 2.80. The van der Waals surface area contributed by atoms with Gasteiger partial charge in [0.1, 0.15) is 6.04 Å². The summed E-state index contributed by atoms with van der Waals surface area (Å²) in [4.78, 5) is 11.4. The number of unbranched alkanes of at least 4 members (excludes halogenated alkanes) is 1. The molecule has 1 amide bonds. The Morgan fingerprint density at radius 1 is 1.25 bits per heavy atom. The van der Waals surface area contributed by atoms with Crippen molar-refractivity contribution in [2.24, 2.45) is 11.5 Å². The van der Waals surface area contributed by atoms with E-state index in [9.17, 15) is 13.2 Å². The molecule has 0 aliphatic carbocycles. The molecule has 0 saturated heterocycles. The molecule has 5 N–H and O–H groups in total. The van der Waals surface area contributed by atoms with E-state index in [4.69, 9.17) is 11.5 Å². The molecule has 20 heavy (non-hydrogen) atoms. The van der Waals surface area contributed by atoms with Gasteiger partial charge in [0.15, 0.2) is 0 Å². The highest BCUT2D eigenvalue weighted by Crippen LogP contribution is 2.12. The number of nitrogens with two attached hydrogens (primary N) is 2. The van der Waals surface area contributed by atoms with Crippen molar-refractivity contribution in [2.45, 2.75) is 37.1 Å². The van der Waals surface area contributed by atoms with Crippen molar-refractivity contribution in [3.63, 3.8) is 0 Å². The standard InChI is InChI=1S/C13H21N3O3S/c1-10-5-7-11(8-6-10)20(18,19)16-12(13(15)17)4-2-3-9-14/h5-8,12,16H,2-4,9,14H2,1H3,(H2,15,17)/t12-/m0/s1. The molecule has 0 bridgehead atoms. The second kappa shape index (κ2) is 7.37. The van der Waals surface area contributed by atoms with E-state index in [1.807, 2.05) is 6.92 Å². The van der Waals surface area contributed by atoms with Crippen LogP contribution < -0.4 is 16.2 Å². The van der Waals surface area contributed by atoms with Crippen LogP contribution in [0.2, 0.25) is 0 Å². The Kier molecular flexibility index (Phi) is 6.12. The first kappa shape index (κ1) is 16.6. The maximum atomic E-state index is 12.1. The van der Waals surface area contributed by atoms with Crippen molar-refractivity contribution >= 4 is 15.9 Å². The van der Waals surface area contributed by atoms with Crippen LogP contribution in [0.3, 0.4) is 0 Å². The van der Waals surface area contributed by atoms with Crippen molar-refractivity contribution in [3.05, 3.63) is 29.8 Å². The molecule has 0 unspecified atom stereocenters. The third-order valence-electron chi connectivity index (χ3n) is 2.92. The highest BCUT2D eigenvalue weighted by Gasteiger charge is 2.23. The Morgan fingerprint density at radius 3 is 2.35 bits per heavy atom. The van der Waals surface area contributed by atoms with Gasteiger partial charge in [-0.25, -0.2) is 8.42 Å². The second-order valence-electron chi connectivity index (χ2n) is 4.67. The molecule has 0 heterocycles. The van der Waals surface area contributed by atoms with Gasteiger partial charge in [0, 0.05) is 0 Å². The van der Waals surface area contributed by atoms with Gasteiger partial charge in [-0.05, 0) is 38.4 Å². The first-order valence-electron chi connectivity index (χ1n) is 6.45. The molecule has 112 valence electrons. The van der Waals surface area contributed by atoms with Gasteiger partial charge < -0.3 is 11.5 Å². The molecular weight excluding hydrogens is 278 g/mol. The lowest BCUT2D eigenvalue weighted by Gasteiger charge is -2.15. The SMILES string of the molecule is Cc1ccc(S(=O)(=O)N[C@@H](CCCCN)C(N)=O)cc1. The maximum Gasteiger partial charge on any atom is 0.241 e. The summed E-state index contributed by atoms with van der Waals surface area (Å²) in [5.74, 6) is -0.683. The summed E-state index contributed by atoms with van der Waals surface area (Å²) in [7, 11) is -3.74. The Hall–Kier alpha value is -1.44. The zero-order chi connectivity index (χ0) is 15.2. The van der Waals surface area contributed by atoms with Crippen molar-refractivity contribution in [2.75, 3.05) is 6.54 Å². The van der Waals surface area contributed by atoms with Crippen LogP contribution in [0.1, 0.15) is 24.8 Å². The first-order chi connectivity index (χ1) is 9.36. The fourth-order valence-electron chi connectivity index (χ4n) is 1.72. The van der Waals surface area contributed by atoms with Crippen LogP contribution in [0.15, 0.2) is 29.2 Å². The molecule has 1 atom stereocenters. The minimum atomic E-state index is -3.74. The number of hydrogen-bond acceptors (Lipinski definition) is 4. The summed E-state index contributed by atoms with van der Waals surface area (Å²) in [6.07, 6.45) is 1.70. The molecule has 0 aromatic heterocycles. The van der Waals surface area contributed by atoms with Crippen LogP contribution in [-0.4, -0.2) is 26.9 Å². The number of hydrogen-bond donors (Lipinski definition) is 3. The summed E-state index contributed by atoms with van der Waals surface area (Å²) in [6.45, 7) is 2.36. The van der Waals surface area contributed by atoms with Gasteiger partial charge in [0.05, 0.1) is 4.90 Å². The minimum absolute atomic E-state index is 0.119. The number of amides is 1. The number of aryl methyl sites for hydroxylation is 1. The van der Waals surface area contributed by atoms with Gasteiger partial charge in [-0.2, -0.15) is 4.72 Å². The van der Waals surface area contributed by atoms with Crippen LogP contribution in [0.4, 0.5) is 0 Å². The number of benzene rings is 1. The largest absolute Gasteiger partial charge is 0.368 e. The van der Waals surface area contributed by atoms with E-state index in [1.54, 1.807) is 12.1 Å². The van der Waals surface area contributed by atoms with Crippen LogP contribution >= 0.6 is 0 Å². The fraction of sp³-hybridized carbons (Fsp3) is 0.462. The second-order valence-corrected chi connectivity index (χ2v) is 6.39. The topological polar surface area (TPSA) is 115 Å². The first-order valence-corrected chi connectivity index (χ1v) is 7.93. The van der Waals surface area contributed by atoms with Gasteiger partial charge in [-0.1, -0.05) is 24.1 Å². The molecule has 1 rings (SSSR count). The third kappa shape index (κ3) is 4.92. The Bertz CT molecular complexity index is 540.